The Hall–Kier alpha value is -0.0800. The smallest absolute Gasteiger partial charge is 0.0252 e. The lowest BCUT2D eigenvalue weighted by Crippen LogP contribution is -2.43. The van der Waals surface area contributed by atoms with Gasteiger partial charge < -0.3 is 9.80 Å². The summed E-state index contributed by atoms with van der Waals surface area (Å²) in [6, 6.07) is 0. The molecule has 0 amide bonds. The Morgan fingerprint density at radius 1 is 0.692 bits per heavy atom. The Labute approximate surface area is 81.9 Å². The third-order valence-electron chi connectivity index (χ3n) is 3.83. The predicted molar refractivity (Wildman–Crippen MR) is 54.8 cm³/mol. The van der Waals surface area contributed by atoms with Crippen molar-refractivity contribution in [2.24, 2.45) is 5.41 Å². The van der Waals surface area contributed by atoms with E-state index in [0.717, 1.165) is 0 Å². The molecule has 2 fully saturated rings. The standard InChI is InChI=1S/C11H20N2/c1-12-7-3-11(4-8-12)5-9-13(2)10-6-11/h1-10H2/q-2. The quantitative estimate of drug-likeness (QED) is 0.524. The number of hydrogen-bond acceptors (Lipinski definition) is 2. The zero-order valence-corrected chi connectivity index (χ0v) is 8.47. The molecule has 0 aromatic carbocycles. The highest BCUT2D eigenvalue weighted by Gasteiger charge is 2.33. The van der Waals surface area contributed by atoms with Crippen molar-refractivity contribution >= 4 is 0 Å². The molecule has 0 bridgehead atoms. The van der Waals surface area contributed by atoms with Crippen LogP contribution in [0.1, 0.15) is 25.7 Å². The SMILES string of the molecule is [CH2-]N1CCC2(CC1)CCN([CH2-])CC2. The average Bonchev–Trinajstić information content (AvgIpc) is 2.16. The van der Waals surface area contributed by atoms with E-state index >= 15 is 0 Å². The van der Waals surface area contributed by atoms with Crippen LogP contribution in [0.5, 0.6) is 0 Å². The van der Waals surface area contributed by atoms with Crippen LogP contribution in [0, 0.1) is 19.5 Å². The van der Waals surface area contributed by atoms with E-state index in [4.69, 9.17) is 0 Å². The van der Waals surface area contributed by atoms with Gasteiger partial charge in [0.2, 0.25) is 0 Å². The molecule has 2 aliphatic heterocycles. The van der Waals surface area contributed by atoms with E-state index in [-0.39, 0.29) is 0 Å². The summed E-state index contributed by atoms with van der Waals surface area (Å²) in [5.41, 5.74) is 0.655. The van der Waals surface area contributed by atoms with Gasteiger partial charge in [-0.2, -0.15) is 0 Å². The maximum absolute atomic E-state index is 4.00. The Balaban J connectivity index is 1.90. The van der Waals surface area contributed by atoms with Crippen LogP contribution in [-0.2, 0) is 0 Å². The lowest BCUT2D eigenvalue weighted by Gasteiger charge is -2.49. The molecule has 2 heterocycles. The first-order chi connectivity index (χ1) is 6.20. The minimum Gasteiger partial charge on any atom is -0.459 e. The highest BCUT2D eigenvalue weighted by Crippen LogP contribution is 2.40. The molecule has 0 aliphatic carbocycles. The van der Waals surface area contributed by atoms with Crippen molar-refractivity contribution in [3.05, 3.63) is 14.1 Å². The molecule has 2 nitrogen and oxygen atoms in total. The summed E-state index contributed by atoms with van der Waals surface area (Å²) >= 11 is 0. The monoisotopic (exact) mass is 180 g/mol. The van der Waals surface area contributed by atoms with Crippen molar-refractivity contribution < 1.29 is 0 Å². The molecule has 0 N–H and O–H groups in total. The summed E-state index contributed by atoms with van der Waals surface area (Å²) in [4.78, 5) is 4.42. The summed E-state index contributed by atoms with van der Waals surface area (Å²) in [5.74, 6) is 0. The predicted octanol–water partition coefficient (Wildman–Crippen LogP) is 1.75. The highest BCUT2D eigenvalue weighted by molar-refractivity contribution is 4.90. The van der Waals surface area contributed by atoms with Crippen molar-refractivity contribution in [3.8, 4) is 0 Å². The van der Waals surface area contributed by atoms with Crippen LogP contribution in [0.15, 0.2) is 0 Å². The first-order valence-electron chi connectivity index (χ1n) is 5.31. The van der Waals surface area contributed by atoms with Crippen LogP contribution >= 0.6 is 0 Å². The van der Waals surface area contributed by atoms with E-state index in [9.17, 15) is 0 Å². The first-order valence-corrected chi connectivity index (χ1v) is 5.31. The Morgan fingerprint density at radius 3 is 1.31 bits per heavy atom. The van der Waals surface area contributed by atoms with Crippen molar-refractivity contribution in [2.75, 3.05) is 26.2 Å². The van der Waals surface area contributed by atoms with Gasteiger partial charge in [-0.05, 0) is 57.3 Å². The van der Waals surface area contributed by atoms with E-state index < -0.39 is 0 Å². The molecule has 1 spiro atoms. The summed E-state index contributed by atoms with van der Waals surface area (Å²) in [6.07, 6.45) is 5.41. The molecule has 2 aliphatic rings. The van der Waals surface area contributed by atoms with Gasteiger partial charge in [0.25, 0.3) is 0 Å². The fraction of sp³-hybridized carbons (Fsp3) is 0.818. The Kier molecular flexibility index (Phi) is 2.61. The highest BCUT2D eigenvalue weighted by atomic mass is 15.1. The second-order valence-electron chi connectivity index (χ2n) is 4.74. The third-order valence-corrected chi connectivity index (χ3v) is 3.83. The fourth-order valence-electron chi connectivity index (χ4n) is 2.55. The molecule has 0 aromatic heterocycles. The molecular formula is C11H20N2-2. The van der Waals surface area contributed by atoms with E-state index in [2.05, 4.69) is 23.9 Å². The van der Waals surface area contributed by atoms with Gasteiger partial charge in [-0.15, -0.1) is 0 Å². The number of nitrogens with zero attached hydrogens (tertiary/aromatic N) is 2. The largest absolute Gasteiger partial charge is 0.459 e. The molecule has 0 unspecified atom stereocenters. The Morgan fingerprint density at radius 2 is 1.00 bits per heavy atom. The van der Waals surface area contributed by atoms with Crippen LogP contribution in [0.25, 0.3) is 0 Å². The Bertz CT molecular complexity index is 139. The number of likely N-dealkylation sites (tertiary alicyclic amines) is 2. The topological polar surface area (TPSA) is 6.48 Å². The summed E-state index contributed by atoms with van der Waals surface area (Å²) < 4.78 is 0. The molecule has 0 saturated carbocycles. The number of piperidine rings is 2. The second kappa shape index (κ2) is 3.58. The minimum atomic E-state index is 0.655. The third kappa shape index (κ3) is 2.05. The molecule has 2 heteroatoms. The van der Waals surface area contributed by atoms with Gasteiger partial charge in [0, 0.05) is 0 Å². The zero-order valence-electron chi connectivity index (χ0n) is 8.47. The van der Waals surface area contributed by atoms with Gasteiger partial charge in [0.05, 0.1) is 0 Å². The molecule has 0 aromatic rings. The second-order valence-corrected chi connectivity index (χ2v) is 4.74. The van der Waals surface area contributed by atoms with Crippen molar-refractivity contribution in [2.45, 2.75) is 25.7 Å². The van der Waals surface area contributed by atoms with Crippen molar-refractivity contribution in [1.29, 1.82) is 0 Å². The van der Waals surface area contributed by atoms with E-state index in [1.807, 2.05) is 0 Å². The molecule has 2 saturated heterocycles. The lowest BCUT2D eigenvalue weighted by atomic mass is 9.71. The van der Waals surface area contributed by atoms with Crippen molar-refractivity contribution in [3.63, 3.8) is 0 Å². The molecular weight excluding hydrogens is 160 g/mol. The molecule has 13 heavy (non-hydrogen) atoms. The van der Waals surface area contributed by atoms with Gasteiger partial charge in [-0.25, -0.2) is 0 Å². The van der Waals surface area contributed by atoms with Crippen LogP contribution in [0.2, 0.25) is 0 Å². The average molecular weight is 180 g/mol. The lowest BCUT2D eigenvalue weighted by molar-refractivity contribution is 0.0629. The minimum absolute atomic E-state index is 0.655. The normalized spacial score (nSPS) is 30.9. The maximum atomic E-state index is 4.00. The number of rotatable bonds is 0. The van der Waals surface area contributed by atoms with E-state index in [1.165, 1.54) is 51.9 Å². The van der Waals surface area contributed by atoms with E-state index in [1.54, 1.807) is 0 Å². The van der Waals surface area contributed by atoms with E-state index in [0.29, 0.717) is 5.41 Å². The molecule has 76 valence electrons. The first kappa shape index (κ1) is 9.47. The van der Waals surface area contributed by atoms with Gasteiger partial charge in [0.1, 0.15) is 0 Å². The van der Waals surface area contributed by atoms with Crippen LogP contribution in [-0.4, -0.2) is 36.0 Å². The van der Waals surface area contributed by atoms with Crippen molar-refractivity contribution in [1.82, 2.24) is 9.80 Å². The van der Waals surface area contributed by atoms with Crippen LogP contribution in [0.4, 0.5) is 0 Å². The summed E-state index contributed by atoms with van der Waals surface area (Å²) in [5, 5.41) is 0. The van der Waals surface area contributed by atoms with Crippen LogP contribution in [0.3, 0.4) is 0 Å². The van der Waals surface area contributed by atoms with Gasteiger partial charge in [0.15, 0.2) is 0 Å². The summed E-state index contributed by atoms with van der Waals surface area (Å²) in [6.45, 7) is 4.77. The van der Waals surface area contributed by atoms with Gasteiger partial charge >= 0.3 is 0 Å². The fourth-order valence-corrected chi connectivity index (χ4v) is 2.55. The van der Waals surface area contributed by atoms with Crippen LogP contribution < -0.4 is 0 Å². The zero-order chi connectivity index (χ0) is 9.31. The maximum Gasteiger partial charge on any atom is -0.0252 e. The molecule has 2 rings (SSSR count). The van der Waals surface area contributed by atoms with Gasteiger partial charge in [-0.1, -0.05) is 0 Å². The molecule has 0 atom stereocenters. The number of hydrogen-bond donors (Lipinski definition) is 0. The molecule has 0 radical (unpaired) electrons. The van der Waals surface area contributed by atoms with Gasteiger partial charge in [-0.3, -0.25) is 14.1 Å². The summed E-state index contributed by atoms with van der Waals surface area (Å²) in [7, 11) is 8.00.